The first-order valence-electron chi connectivity index (χ1n) is 6.93. The highest BCUT2D eigenvalue weighted by molar-refractivity contribution is 5.92. The number of ether oxygens (including phenoxy) is 1. The average Bonchev–Trinajstić information content (AvgIpc) is 2.82. The van der Waals surface area contributed by atoms with Crippen molar-refractivity contribution in [3.05, 3.63) is 59.4 Å². The Balaban J connectivity index is 1.89. The molecule has 1 heterocycles. The number of fused-ring (bicyclic) bond motifs is 1. The molecule has 5 heteroatoms. The van der Waals surface area contributed by atoms with Crippen LogP contribution >= 0.6 is 0 Å². The Kier molecular flexibility index (Phi) is 3.55. The lowest BCUT2D eigenvalue weighted by Crippen LogP contribution is -2.04. The zero-order chi connectivity index (χ0) is 15.7. The monoisotopic (exact) mass is 296 g/mol. The fourth-order valence-corrected chi connectivity index (χ4v) is 2.37. The SMILES string of the molecule is Cc1ccccc1OCc1nc2cc(C(=O)O)ccc2n1C. The summed E-state index contributed by atoms with van der Waals surface area (Å²) in [4.78, 5) is 15.5. The number of nitrogens with zero attached hydrogens (tertiary/aromatic N) is 2. The summed E-state index contributed by atoms with van der Waals surface area (Å²) in [5.41, 5.74) is 2.84. The van der Waals surface area contributed by atoms with Crippen molar-refractivity contribution in [2.75, 3.05) is 0 Å². The van der Waals surface area contributed by atoms with E-state index in [2.05, 4.69) is 4.98 Å². The van der Waals surface area contributed by atoms with E-state index in [1.54, 1.807) is 18.2 Å². The van der Waals surface area contributed by atoms with Gasteiger partial charge >= 0.3 is 5.97 Å². The number of imidazole rings is 1. The fourth-order valence-electron chi connectivity index (χ4n) is 2.37. The van der Waals surface area contributed by atoms with Crippen LogP contribution in [-0.2, 0) is 13.7 Å². The molecule has 1 aromatic heterocycles. The van der Waals surface area contributed by atoms with E-state index in [4.69, 9.17) is 9.84 Å². The van der Waals surface area contributed by atoms with Gasteiger partial charge in [-0.3, -0.25) is 0 Å². The smallest absolute Gasteiger partial charge is 0.335 e. The molecule has 0 saturated heterocycles. The zero-order valence-corrected chi connectivity index (χ0v) is 12.4. The third-order valence-electron chi connectivity index (χ3n) is 3.67. The molecule has 3 rings (SSSR count). The van der Waals surface area contributed by atoms with Crippen molar-refractivity contribution < 1.29 is 14.6 Å². The van der Waals surface area contributed by atoms with E-state index in [0.29, 0.717) is 12.1 Å². The molecule has 0 aliphatic rings. The summed E-state index contributed by atoms with van der Waals surface area (Å²) in [6.07, 6.45) is 0. The van der Waals surface area contributed by atoms with E-state index in [1.165, 1.54) is 0 Å². The summed E-state index contributed by atoms with van der Waals surface area (Å²) in [5.74, 6) is 0.617. The summed E-state index contributed by atoms with van der Waals surface area (Å²) >= 11 is 0. The minimum absolute atomic E-state index is 0.233. The second-order valence-corrected chi connectivity index (χ2v) is 5.15. The summed E-state index contributed by atoms with van der Waals surface area (Å²) in [6, 6.07) is 12.7. The first-order chi connectivity index (χ1) is 10.6. The van der Waals surface area contributed by atoms with Gasteiger partial charge in [0.05, 0.1) is 16.6 Å². The molecule has 0 aliphatic heterocycles. The minimum Gasteiger partial charge on any atom is -0.485 e. The molecular formula is C17H16N2O3. The predicted octanol–water partition coefficient (Wildman–Crippen LogP) is 3.16. The molecule has 2 aromatic carbocycles. The summed E-state index contributed by atoms with van der Waals surface area (Å²) < 4.78 is 7.73. The molecule has 0 fully saturated rings. The van der Waals surface area contributed by atoms with E-state index in [9.17, 15) is 4.79 Å². The van der Waals surface area contributed by atoms with Crippen LogP contribution in [0.3, 0.4) is 0 Å². The van der Waals surface area contributed by atoms with Gasteiger partial charge in [0.1, 0.15) is 18.2 Å². The topological polar surface area (TPSA) is 64.3 Å². The number of benzene rings is 2. The van der Waals surface area contributed by atoms with Gasteiger partial charge in [0.15, 0.2) is 0 Å². The number of carboxylic acid groups (broad SMARTS) is 1. The van der Waals surface area contributed by atoms with Crippen molar-refractivity contribution in [1.29, 1.82) is 0 Å². The number of para-hydroxylation sites is 1. The molecule has 0 spiro atoms. The Morgan fingerprint density at radius 1 is 1.27 bits per heavy atom. The Morgan fingerprint density at radius 3 is 2.77 bits per heavy atom. The van der Waals surface area contributed by atoms with Crippen LogP contribution in [0.25, 0.3) is 11.0 Å². The fraction of sp³-hybridized carbons (Fsp3) is 0.176. The van der Waals surface area contributed by atoms with E-state index in [0.717, 1.165) is 22.7 Å². The Labute approximate surface area is 127 Å². The van der Waals surface area contributed by atoms with Gasteiger partial charge < -0.3 is 14.4 Å². The lowest BCUT2D eigenvalue weighted by atomic mass is 10.2. The molecule has 0 bridgehead atoms. The van der Waals surface area contributed by atoms with Gasteiger partial charge in [-0.1, -0.05) is 18.2 Å². The van der Waals surface area contributed by atoms with Crippen LogP contribution in [-0.4, -0.2) is 20.6 Å². The number of rotatable bonds is 4. The maximum Gasteiger partial charge on any atom is 0.335 e. The number of hydrogen-bond donors (Lipinski definition) is 1. The molecule has 0 amide bonds. The van der Waals surface area contributed by atoms with Gasteiger partial charge in [-0.15, -0.1) is 0 Å². The number of hydrogen-bond acceptors (Lipinski definition) is 3. The molecule has 0 saturated carbocycles. The molecule has 22 heavy (non-hydrogen) atoms. The maximum atomic E-state index is 11.0. The van der Waals surface area contributed by atoms with Crippen LogP contribution in [0, 0.1) is 6.92 Å². The zero-order valence-electron chi connectivity index (χ0n) is 12.4. The molecular weight excluding hydrogens is 280 g/mol. The normalized spacial score (nSPS) is 10.8. The van der Waals surface area contributed by atoms with Crippen LogP contribution in [0.4, 0.5) is 0 Å². The van der Waals surface area contributed by atoms with Gasteiger partial charge in [-0.05, 0) is 36.8 Å². The number of carboxylic acids is 1. The lowest BCUT2D eigenvalue weighted by Gasteiger charge is -2.08. The van der Waals surface area contributed by atoms with Gasteiger partial charge in [0.2, 0.25) is 0 Å². The lowest BCUT2D eigenvalue weighted by molar-refractivity contribution is 0.0697. The third-order valence-corrected chi connectivity index (χ3v) is 3.67. The van der Waals surface area contributed by atoms with E-state index in [-0.39, 0.29) is 5.56 Å². The van der Waals surface area contributed by atoms with Crippen molar-refractivity contribution >= 4 is 17.0 Å². The van der Waals surface area contributed by atoms with Gasteiger partial charge in [-0.25, -0.2) is 9.78 Å². The van der Waals surface area contributed by atoms with E-state index < -0.39 is 5.97 Å². The van der Waals surface area contributed by atoms with Gasteiger partial charge in [-0.2, -0.15) is 0 Å². The second-order valence-electron chi connectivity index (χ2n) is 5.15. The Bertz CT molecular complexity index is 852. The first kappa shape index (κ1) is 14.1. The van der Waals surface area contributed by atoms with Crippen LogP contribution < -0.4 is 4.74 Å². The van der Waals surface area contributed by atoms with Crippen LogP contribution in [0.15, 0.2) is 42.5 Å². The number of aromatic carboxylic acids is 1. The summed E-state index contributed by atoms with van der Waals surface area (Å²) in [6.45, 7) is 2.32. The summed E-state index contributed by atoms with van der Waals surface area (Å²) in [5, 5.41) is 9.04. The molecule has 1 N–H and O–H groups in total. The van der Waals surface area contributed by atoms with Crippen molar-refractivity contribution in [2.24, 2.45) is 7.05 Å². The quantitative estimate of drug-likeness (QED) is 0.803. The largest absolute Gasteiger partial charge is 0.485 e. The van der Waals surface area contributed by atoms with Crippen molar-refractivity contribution in [1.82, 2.24) is 9.55 Å². The Morgan fingerprint density at radius 2 is 2.05 bits per heavy atom. The average molecular weight is 296 g/mol. The van der Waals surface area contributed by atoms with Crippen LogP contribution in [0.1, 0.15) is 21.7 Å². The van der Waals surface area contributed by atoms with E-state index in [1.807, 2.05) is 42.8 Å². The summed E-state index contributed by atoms with van der Waals surface area (Å²) in [7, 11) is 1.90. The molecule has 5 nitrogen and oxygen atoms in total. The number of carbonyl (C=O) groups is 1. The third kappa shape index (κ3) is 2.53. The highest BCUT2D eigenvalue weighted by Gasteiger charge is 2.11. The maximum absolute atomic E-state index is 11.0. The second kappa shape index (κ2) is 5.52. The molecule has 0 unspecified atom stereocenters. The number of aromatic nitrogens is 2. The molecule has 0 radical (unpaired) electrons. The molecule has 3 aromatic rings. The van der Waals surface area contributed by atoms with Crippen molar-refractivity contribution in [2.45, 2.75) is 13.5 Å². The number of aryl methyl sites for hydroxylation is 2. The first-order valence-corrected chi connectivity index (χ1v) is 6.93. The standard InChI is InChI=1S/C17H16N2O3/c1-11-5-3-4-6-15(11)22-10-16-18-13-9-12(17(20)21)7-8-14(13)19(16)2/h3-9H,10H2,1-2H3,(H,20,21). The molecule has 0 aliphatic carbocycles. The van der Waals surface area contributed by atoms with Gasteiger partial charge in [0.25, 0.3) is 0 Å². The van der Waals surface area contributed by atoms with Crippen molar-refractivity contribution in [3.63, 3.8) is 0 Å². The molecule has 0 atom stereocenters. The van der Waals surface area contributed by atoms with E-state index >= 15 is 0 Å². The molecule has 112 valence electrons. The highest BCUT2D eigenvalue weighted by Crippen LogP contribution is 2.20. The predicted molar refractivity (Wildman–Crippen MR) is 83.2 cm³/mol. The highest BCUT2D eigenvalue weighted by atomic mass is 16.5. The minimum atomic E-state index is -0.953. The van der Waals surface area contributed by atoms with Crippen molar-refractivity contribution in [3.8, 4) is 5.75 Å². The van der Waals surface area contributed by atoms with Crippen LogP contribution in [0.2, 0.25) is 0 Å². The van der Waals surface area contributed by atoms with Gasteiger partial charge in [0, 0.05) is 7.05 Å². The van der Waals surface area contributed by atoms with Crippen LogP contribution in [0.5, 0.6) is 5.75 Å². The Hall–Kier alpha value is -2.82.